The summed E-state index contributed by atoms with van der Waals surface area (Å²) in [6.45, 7) is 2.65. The largest absolute Gasteiger partial charge is 0.328 e. The Morgan fingerprint density at radius 1 is 1.33 bits per heavy atom. The van der Waals surface area contributed by atoms with Gasteiger partial charge in [0.2, 0.25) is 0 Å². The molecule has 0 amide bonds. The molecule has 0 aliphatic carbocycles. The van der Waals surface area contributed by atoms with Gasteiger partial charge >= 0.3 is 0 Å². The predicted octanol–water partition coefficient (Wildman–Crippen LogP) is 2.11. The Hall–Kier alpha value is -0.890. The van der Waals surface area contributed by atoms with Gasteiger partial charge < -0.3 is 4.48 Å². The van der Waals surface area contributed by atoms with Gasteiger partial charge in [-0.2, -0.15) is 0 Å². The molecule has 2 rings (SSSR count). The van der Waals surface area contributed by atoms with Crippen LogP contribution in [-0.4, -0.2) is 36.7 Å². The second-order valence-electron chi connectivity index (χ2n) is 5.39. The van der Waals surface area contributed by atoms with Crippen LogP contribution in [0.4, 0.5) is 0 Å². The first kappa shape index (κ1) is 10.6. The fourth-order valence-electron chi connectivity index (χ4n) is 2.38. The van der Waals surface area contributed by atoms with Gasteiger partial charge in [-0.1, -0.05) is 6.07 Å². The lowest BCUT2D eigenvalue weighted by molar-refractivity contribution is -0.896. The molecule has 0 saturated carbocycles. The van der Waals surface area contributed by atoms with E-state index in [2.05, 4.69) is 25.1 Å². The number of pyridine rings is 1. The van der Waals surface area contributed by atoms with Crippen LogP contribution in [-0.2, 0) is 6.42 Å². The van der Waals surface area contributed by atoms with Crippen LogP contribution in [0.5, 0.6) is 0 Å². The zero-order valence-corrected chi connectivity index (χ0v) is 9.82. The fraction of sp³-hybridized carbons (Fsp3) is 0.615. The van der Waals surface area contributed by atoms with Gasteiger partial charge in [-0.3, -0.25) is 4.98 Å². The maximum atomic E-state index is 4.17. The molecule has 2 heterocycles. The van der Waals surface area contributed by atoms with Gasteiger partial charge in [0.25, 0.3) is 0 Å². The van der Waals surface area contributed by atoms with Crippen molar-refractivity contribution in [3.8, 4) is 0 Å². The summed E-state index contributed by atoms with van der Waals surface area (Å²) in [5.74, 6) is 0.875. The molecule has 2 nitrogen and oxygen atoms in total. The molecule has 0 bridgehead atoms. The average Bonchev–Trinajstić information content (AvgIpc) is 2.23. The Morgan fingerprint density at radius 2 is 2.07 bits per heavy atom. The molecule has 0 aromatic carbocycles. The number of rotatable bonds is 2. The third-order valence-corrected chi connectivity index (χ3v) is 3.53. The van der Waals surface area contributed by atoms with E-state index in [0.717, 1.165) is 5.92 Å². The van der Waals surface area contributed by atoms with Crippen molar-refractivity contribution in [3.63, 3.8) is 0 Å². The molecule has 2 heteroatoms. The molecule has 15 heavy (non-hydrogen) atoms. The monoisotopic (exact) mass is 205 g/mol. The van der Waals surface area contributed by atoms with Crippen molar-refractivity contribution in [2.45, 2.75) is 19.3 Å². The van der Waals surface area contributed by atoms with Crippen LogP contribution in [0.25, 0.3) is 0 Å². The van der Waals surface area contributed by atoms with Gasteiger partial charge in [-0.25, -0.2) is 0 Å². The molecule has 1 aliphatic heterocycles. The fourth-order valence-corrected chi connectivity index (χ4v) is 2.38. The standard InChI is InChI=1S/C13H21N2/c1-15(2)8-5-12(6-9-15)10-13-4-3-7-14-11-13/h3-4,7,11-12H,5-6,8-10H2,1-2H3/q+1. The Labute approximate surface area is 92.5 Å². The number of piperidine rings is 1. The summed E-state index contributed by atoms with van der Waals surface area (Å²) in [4.78, 5) is 4.17. The Balaban J connectivity index is 1.88. The second-order valence-corrected chi connectivity index (χ2v) is 5.39. The zero-order valence-electron chi connectivity index (χ0n) is 9.82. The number of likely N-dealkylation sites (tertiary alicyclic amines) is 1. The molecule has 1 aromatic heterocycles. The third kappa shape index (κ3) is 3.03. The van der Waals surface area contributed by atoms with Crippen LogP contribution in [0.2, 0.25) is 0 Å². The van der Waals surface area contributed by atoms with Crippen LogP contribution in [0.15, 0.2) is 24.5 Å². The van der Waals surface area contributed by atoms with Crippen LogP contribution < -0.4 is 0 Å². The van der Waals surface area contributed by atoms with Crippen molar-refractivity contribution in [1.82, 2.24) is 4.98 Å². The van der Waals surface area contributed by atoms with Crippen LogP contribution in [0.3, 0.4) is 0 Å². The smallest absolute Gasteiger partial charge is 0.0785 e. The average molecular weight is 205 g/mol. The van der Waals surface area contributed by atoms with Crippen LogP contribution in [0, 0.1) is 5.92 Å². The summed E-state index contributed by atoms with van der Waals surface area (Å²) < 4.78 is 1.20. The highest BCUT2D eigenvalue weighted by Gasteiger charge is 2.25. The van der Waals surface area contributed by atoms with Gasteiger partial charge in [0.05, 0.1) is 27.2 Å². The lowest BCUT2D eigenvalue weighted by atomic mass is 9.90. The maximum Gasteiger partial charge on any atom is 0.0785 e. The highest BCUT2D eigenvalue weighted by atomic mass is 15.3. The topological polar surface area (TPSA) is 12.9 Å². The van der Waals surface area contributed by atoms with E-state index >= 15 is 0 Å². The molecular weight excluding hydrogens is 184 g/mol. The Bertz CT molecular complexity index is 296. The van der Waals surface area contributed by atoms with Crippen LogP contribution in [0.1, 0.15) is 18.4 Å². The summed E-state index contributed by atoms with van der Waals surface area (Å²) in [5, 5.41) is 0. The van der Waals surface area contributed by atoms with E-state index < -0.39 is 0 Å². The van der Waals surface area contributed by atoms with Crippen molar-refractivity contribution >= 4 is 0 Å². The van der Waals surface area contributed by atoms with E-state index in [9.17, 15) is 0 Å². The Morgan fingerprint density at radius 3 is 2.67 bits per heavy atom. The Kier molecular flexibility index (Phi) is 3.06. The van der Waals surface area contributed by atoms with Gasteiger partial charge in [-0.15, -0.1) is 0 Å². The van der Waals surface area contributed by atoms with Gasteiger partial charge in [0.15, 0.2) is 0 Å². The first-order valence-corrected chi connectivity index (χ1v) is 5.87. The van der Waals surface area contributed by atoms with Crippen molar-refractivity contribution in [1.29, 1.82) is 0 Å². The van der Waals surface area contributed by atoms with E-state index in [1.165, 1.54) is 42.4 Å². The lowest BCUT2D eigenvalue weighted by Gasteiger charge is -2.37. The first-order valence-electron chi connectivity index (χ1n) is 5.87. The SMILES string of the molecule is C[N+]1(C)CCC(Cc2cccnc2)CC1. The second kappa shape index (κ2) is 4.31. The highest BCUT2D eigenvalue weighted by Crippen LogP contribution is 2.23. The molecule has 1 fully saturated rings. The molecule has 0 radical (unpaired) electrons. The van der Waals surface area contributed by atoms with E-state index in [4.69, 9.17) is 0 Å². The summed E-state index contributed by atoms with van der Waals surface area (Å²) >= 11 is 0. The molecule has 0 unspecified atom stereocenters. The molecule has 1 aliphatic rings. The summed E-state index contributed by atoms with van der Waals surface area (Å²) in [6.07, 6.45) is 7.80. The van der Waals surface area contributed by atoms with Crippen molar-refractivity contribution < 1.29 is 4.48 Å². The van der Waals surface area contributed by atoms with Crippen molar-refractivity contribution in [3.05, 3.63) is 30.1 Å². The molecule has 0 N–H and O–H groups in total. The quantitative estimate of drug-likeness (QED) is 0.674. The molecule has 0 atom stereocenters. The van der Waals surface area contributed by atoms with E-state index in [-0.39, 0.29) is 0 Å². The van der Waals surface area contributed by atoms with E-state index in [1.54, 1.807) is 0 Å². The maximum absolute atomic E-state index is 4.17. The van der Waals surface area contributed by atoms with Crippen molar-refractivity contribution in [2.75, 3.05) is 27.2 Å². The summed E-state index contributed by atoms with van der Waals surface area (Å²) in [7, 11) is 4.67. The number of hydrogen-bond acceptors (Lipinski definition) is 1. The zero-order chi connectivity index (χ0) is 10.7. The minimum Gasteiger partial charge on any atom is -0.328 e. The molecule has 82 valence electrons. The van der Waals surface area contributed by atoms with Gasteiger partial charge in [0, 0.05) is 12.4 Å². The normalized spacial score (nSPS) is 21.5. The predicted molar refractivity (Wildman–Crippen MR) is 62.5 cm³/mol. The first-order chi connectivity index (χ1) is 7.16. The number of nitrogens with zero attached hydrogens (tertiary/aromatic N) is 2. The van der Waals surface area contributed by atoms with Crippen LogP contribution >= 0.6 is 0 Å². The molecular formula is C13H21N2+. The van der Waals surface area contributed by atoms with Gasteiger partial charge in [0.1, 0.15) is 0 Å². The molecule has 1 aromatic rings. The van der Waals surface area contributed by atoms with E-state index in [1.807, 2.05) is 18.5 Å². The number of hydrogen-bond donors (Lipinski definition) is 0. The molecule has 0 spiro atoms. The number of aromatic nitrogens is 1. The third-order valence-electron chi connectivity index (χ3n) is 3.53. The minimum absolute atomic E-state index is 0.875. The van der Waals surface area contributed by atoms with Gasteiger partial charge in [-0.05, 0) is 36.8 Å². The minimum atomic E-state index is 0.875. The molecule has 1 saturated heterocycles. The number of quaternary nitrogens is 1. The lowest BCUT2D eigenvalue weighted by Crippen LogP contribution is -2.46. The highest BCUT2D eigenvalue weighted by molar-refractivity contribution is 5.09. The van der Waals surface area contributed by atoms with E-state index in [0.29, 0.717) is 0 Å². The van der Waals surface area contributed by atoms with Crippen molar-refractivity contribution in [2.24, 2.45) is 5.92 Å². The summed E-state index contributed by atoms with van der Waals surface area (Å²) in [6, 6.07) is 4.24. The summed E-state index contributed by atoms with van der Waals surface area (Å²) in [5.41, 5.74) is 1.40.